The summed E-state index contributed by atoms with van der Waals surface area (Å²) in [6.45, 7) is 1.51. The van der Waals surface area contributed by atoms with E-state index in [9.17, 15) is 14.9 Å². The molecule has 0 amide bonds. The van der Waals surface area contributed by atoms with Crippen LogP contribution < -0.4 is 4.72 Å². The van der Waals surface area contributed by atoms with Gasteiger partial charge in [-0.05, 0) is 31.0 Å². The van der Waals surface area contributed by atoms with Crippen LogP contribution in [0.4, 0.5) is 5.69 Å². The Labute approximate surface area is 95.9 Å². The molecule has 0 aliphatic carbocycles. The summed E-state index contributed by atoms with van der Waals surface area (Å²) in [6, 6.07) is 5.18. The number of carboxylic acids is 1. The van der Waals surface area contributed by atoms with Gasteiger partial charge in [0.15, 0.2) is 0 Å². The molecular formula is C9H10N2O4S. The average Bonchev–Trinajstić information content (AvgIpc) is 2.26. The van der Waals surface area contributed by atoms with E-state index < -0.39 is 16.9 Å². The van der Waals surface area contributed by atoms with E-state index in [0.717, 1.165) is 16.8 Å². The van der Waals surface area contributed by atoms with Crippen LogP contribution in [-0.2, 0) is 4.79 Å². The summed E-state index contributed by atoms with van der Waals surface area (Å²) in [4.78, 5) is 21.1. The minimum atomic E-state index is -0.950. The fraction of sp³-hybridized carbons (Fsp3) is 0.222. The van der Waals surface area contributed by atoms with Gasteiger partial charge in [0.2, 0.25) is 0 Å². The van der Waals surface area contributed by atoms with E-state index in [0.29, 0.717) is 0 Å². The Balaban J connectivity index is 2.56. The van der Waals surface area contributed by atoms with Crippen LogP contribution in [0.1, 0.15) is 6.92 Å². The number of nitrogens with one attached hydrogen (secondary N) is 1. The highest BCUT2D eigenvalue weighted by molar-refractivity contribution is 7.97. The molecule has 1 rings (SSSR count). The highest BCUT2D eigenvalue weighted by Gasteiger charge is 2.10. The Morgan fingerprint density at radius 3 is 2.50 bits per heavy atom. The molecule has 0 fully saturated rings. The highest BCUT2D eigenvalue weighted by atomic mass is 32.2. The molecule has 0 saturated heterocycles. The maximum Gasteiger partial charge on any atom is 0.321 e. The van der Waals surface area contributed by atoms with E-state index in [1.54, 1.807) is 12.1 Å². The second kappa shape index (κ2) is 5.47. The molecule has 86 valence electrons. The molecule has 0 heterocycles. The zero-order valence-electron chi connectivity index (χ0n) is 8.41. The van der Waals surface area contributed by atoms with Crippen molar-refractivity contribution < 1.29 is 14.8 Å². The monoisotopic (exact) mass is 242 g/mol. The minimum absolute atomic E-state index is 0.00985. The Kier molecular flexibility index (Phi) is 4.27. The summed E-state index contributed by atoms with van der Waals surface area (Å²) in [5.41, 5.74) is 0.00985. The summed E-state index contributed by atoms with van der Waals surface area (Å²) in [6.07, 6.45) is 0. The summed E-state index contributed by atoms with van der Waals surface area (Å²) in [5, 5.41) is 19.0. The van der Waals surface area contributed by atoms with Gasteiger partial charge in [0.25, 0.3) is 5.69 Å². The van der Waals surface area contributed by atoms with Gasteiger partial charge in [0.1, 0.15) is 6.04 Å². The van der Waals surface area contributed by atoms with E-state index in [2.05, 4.69) is 4.72 Å². The molecule has 1 aromatic carbocycles. The van der Waals surface area contributed by atoms with Crippen LogP contribution in [0, 0.1) is 10.1 Å². The lowest BCUT2D eigenvalue weighted by atomic mass is 10.3. The van der Waals surface area contributed by atoms with Crippen molar-refractivity contribution in [2.45, 2.75) is 17.9 Å². The van der Waals surface area contributed by atoms with Crippen molar-refractivity contribution in [3.05, 3.63) is 34.4 Å². The van der Waals surface area contributed by atoms with E-state index in [1.165, 1.54) is 19.1 Å². The number of non-ortho nitro benzene ring substituents is 1. The van der Waals surface area contributed by atoms with Gasteiger partial charge < -0.3 is 5.11 Å². The molecule has 0 unspecified atom stereocenters. The molecule has 1 atom stereocenters. The number of hydrogen-bond acceptors (Lipinski definition) is 5. The fourth-order valence-electron chi connectivity index (χ4n) is 0.843. The average molecular weight is 242 g/mol. The van der Waals surface area contributed by atoms with Crippen LogP contribution >= 0.6 is 11.9 Å². The SMILES string of the molecule is C[C@H](NSc1ccc([N+](=O)[O-])cc1)C(=O)O. The van der Waals surface area contributed by atoms with Crippen LogP contribution in [0.2, 0.25) is 0 Å². The van der Waals surface area contributed by atoms with E-state index in [1.807, 2.05) is 0 Å². The normalized spacial score (nSPS) is 12.1. The third-order valence-electron chi connectivity index (χ3n) is 1.77. The minimum Gasteiger partial charge on any atom is -0.480 e. The van der Waals surface area contributed by atoms with Gasteiger partial charge in [-0.2, -0.15) is 0 Å². The molecule has 0 bridgehead atoms. The molecule has 7 heteroatoms. The molecule has 2 N–H and O–H groups in total. The van der Waals surface area contributed by atoms with Crippen molar-refractivity contribution in [2.75, 3.05) is 0 Å². The van der Waals surface area contributed by atoms with Gasteiger partial charge in [-0.25, -0.2) is 4.72 Å². The van der Waals surface area contributed by atoms with Gasteiger partial charge in [-0.1, -0.05) is 0 Å². The molecule has 0 spiro atoms. The maximum atomic E-state index is 10.5. The van der Waals surface area contributed by atoms with Crippen molar-refractivity contribution in [1.29, 1.82) is 0 Å². The number of aliphatic carboxylic acids is 1. The fourth-order valence-corrected chi connectivity index (χ4v) is 1.53. The van der Waals surface area contributed by atoms with Gasteiger partial charge in [0.05, 0.1) is 4.92 Å². The smallest absolute Gasteiger partial charge is 0.321 e. The largest absolute Gasteiger partial charge is 0.480 e. The molecule has 0 aromatic heterocycles. The number of nitrogens with zero attached hydrogens (tertiary/aromatic N) is 1. The maximum absolute atomic E-state index is 10.5. The summed E-state index contributed by atoms with van der Waals surface area (Å²) in [5.74, 6) is -0.950. The zero-order valence-corrected chi connectivity index (χ0v) is 9.23. The van der Waals surface area contributed by atoms with E-state index >= 15 is 0 Å². The summed E-state index contributed by atoms with van der Waals surface area (Å²) >= 11 is 1.12. The van der Waals surface area contributed by atoms with Crippen LogP contribution in [0.25, 0.3) is 0 Å². The first-order chi connectivity index (χ1) is 7.50. The predicted molar refractivity (Wildman–Crippen MR) is 59.2 cm³/mol. The van der Waals surface area contributed by atoms with E-state index in [-0.39, 0.29) is 5.69 Å². The molecule has 1 aromatic rings. The third-order valence-corrected chi connectivity index (χ3v) is 2.75. The topological polar surface area (TPSA) is 92.5 Å². The standard InChI is InChI=1S/C9H10N2O4S/c1-6(9(12)13)10-16-8-4-2-7(3-5-8)11(14)15/h2-6,10H,1H3,(H,12,13)/t6-/m0/s1. The van der Waals surface area contributed by atoms with E-state index in [4.69, 9.17) is 5.11 Å². The van der Waals surface area contributed by atoms with Crippen LogP contribution in [0.5, 0.6) is 0 Å². The van der Waals surface area contributed by atoms with Gasteiger partial charge in [-0.15, -0.1) is 0 Å². The predicted octanol–water partition coefficient (Wildman–Crippen LogP) is 1.66. The lowest BCUT2D eigenvalue weighted by molar-refractivity contribution is -0.384. The van der Waals surface area contributed by atoms with Crippen molar-refractivity contribution >= 4 is 23.6 Å². The highest BCUT2D eigenvalue weighted by Crippen LogP contribution is 2.19. The third kappa shape index (κ3) is 3.52. The Morgan fingerprint density at radius 1 is 1.50 bits per heavy atom. The number of nitro benzene ring substituents is 1. The summed E-state index contributed by atoms with van der Waals surface area (Å²) < 4.78 is 2.69. The molecule has 6 nitrogen and oxygen atoms in total. The molecular weight excluding hydrogens is 232 g/mol. The van der Waals surface area contributed by atoms with Crippen molar-refractivity contribution in [3.63, 3.8) is 0 Å². The quantitative estimate of drug-likeness (QED) is 0.463. The van der Waals surface area contributed by atoms with Gasteiger partial charge in [-0.3, -0.25) is 14.9 Å². The van der Waals surface area contributed by atoms with Gasteiger partial charge >= 0.3 is 5.97 Å². The number of hydrogen-bond donors (Lipinski definition) is 2. The van der Waals surface area contributed by atoms with Crippen LogP contribution in [0.3, 0.4) is 0 Å². The first-order valence-electron chi connectivity index (χ1n) is 4.40. The van der Waals surface area contributed by atoms with Crippen molar-refractivity contribution in [3.8, 4) is 0 Å². The number of nitro groups is 1. The molecule has 0 saturated carbocycles. The molecule has 0 aliphatic rings. The van der Waals surface area contributed by atoms with Crippen LogP contribution in [-0.4, -0.2) is 22.0 Å². The first-order valence-corrected chi connectivity index (χ1v) is 5.22. The second-order valence-electron chi connectivity index (χ2n) is 3.03. The summed E-state index contributed by atoms with van der Waals surface area (Å²) in [7, 11) is 0. The Hall–Kier alpha value is -1.60. The number of carboxylic acid groups (broad SMARTS) is 1. The second-order valence-corrected chi connectivity index (χ2v) is 3.94. The Morgan fingerprint density at radius 2 is 2.06 bits per heavy atom. The van der Waals surface area contributed by atoms with Crippen LogP contribution in [0.15, 0.2) is 29.2 Å². The van der Waals surface area contributed by atoms with Gasteiger partial charge in [0, 0.05) is 17.0 Å². The first kappa shape index (κ1) is 12.5. The number of carbonyl (C=O) groups is 1. The Bertz CT molecular complexity index is 393. The molecule has 16 heavy (non-hydrogen) atoms. The number of rotatable bonds is 5. The lowest BCUT2D eigenvalue weighted by Gasteiger charge is -2.07. The molecule has 0 radical (unpaired) electrons. The zero-order chi connectivity index (χ0) is 12.1. The lowest BCUT2D eigenvalue weighted by Crippen LogP contribution is -2.28. The van der Waals surface area contributed by atoms with Crippen molar-refractivity contribution in [1.82, 2.24) is 4.72 Å². The van der Waals surface area contributed by atoms with Crippen molar-refractivity contribution in [2.24, 2.45) is 0 Å². The molecule has 0 aliphatic heterocycles. The number of benzene rings is 1.